The molecule has 0 saturated heterocycles. The summed E-state index contributed by atoms with van der Waals surface area (Å²) in [5.41, 5.74) is 4.59. The Morgan fingerprint density at radius 3 is 2.44 bits per heavy atom. The van der Waals surface area contributed by atoms with E-state index in [1.165, 1.54) is 5.56 Å². The van der Waals surface area contributed by atoms with E-state index in [1.807, 2.05) is 54.6 Å². The van der Waals surface area contributed by atoms with E-state index in [0.29, 0.717) is 11.7 Å². The highest BCUT2D eigenvalue weighted by Gasteiger charge is 2.11. The molecule has 0 unspecified atom stereocenters. The average Bonchev–Trinajstić information content (AvgIpc) is 3.22. The second-order valence-corrected chi connectivity index (χ2v) is 6.25. The van der Waals surface area contributed by atoms with Crippen molar-refractivity contribution in [3.63, 3.8) is 0 Å². The van der Waals surface area contributed by atoms with Crippen molar-refractivity contribution >= 4 is 0 Å². The molecule has 0 atom stereocenters. The number of aromatic nitrogens is 3. The van der Waals surface area contributed by atoms with Crippen LogP contribution in [0.5, 0.6) is 0 Å². The normalized spacial score (nSPS) is 10.9. The largest absolute Gasteiger partial charge is 0.392 e. The van der Waals surface area contributed by atoms with Gasteiger partial charge in [-0.15, -0.1) is 0 Å². The van der Waals surface area contributed by atoms with Crippen LogP contribution in [0.2, 0.25) is 0 Å². The van der Waals surface area contributed by atoms with Gasteiger partial charge < -0.3 is 9.63 Å². The first-order valence-corrected chi connectivity index (χ1v) is 8.85. The molecule has 5 heteroatoms. The topological polar surface area (TPSA) is 72.0 Å². The number of aliphatic hydroxyl groups is 1. The predicted octanol–water partition coefficient (Wildman–Crippen LogP) is 4.08. The monoisotopic (exact) mass is 357 g/mol. The van der Waals surface area contributed by atoms with E-state index in [-0.39, 0.29) is 6.61 Å². The SMILES string of the molecule is OCc1ccccc1-c1ccc(-c2nc(CCc3ccccc3)no2)cn1. The lowest BCUT2D eigenvalue weighted by Gasteiger charge is -2.06. The third-order valence-corrected chi connectivity index (χ3v) is 4.42. The molecule has 1 N–H and O–H groups in total. The first kappa shape index (κ1) is 17.1. The van der Waals surface area contributed by atoms with Crippen molar-refractivity contribution in [2.75, 3.05) is 0 Å². The van der Waals surface area contributed by atoms with Crippen LogP contribution in [0.1, 0.15) is 17.0 Å². The highest BCUT2D eigenvalue weighted by atomic mass is 16.5. The van der Waals surface area contributed by atoms with Crippen molar-refractivity contribution in [3.8, 4) is 22.7 Å². The molecule has 0 spiro atoms. The van der Waals surface area contributed by atoms with Crippen LogP contribution in [0.15, 0.2) is 77.4 Å². The van der Waals surface area contributed by atoms with Crippen molar-refractivity contribution < 1.29 is 9.63 Å². The van der Waals surface area contributed by atoms with Gasteiger partial charge in [0.25, 0.3) is 5.89 Å². The van der Waals surface area contributed by atoms with Gasteiger partial charge in [-0.3, -0.25) is 4.98 Å². The maximum Gasteiger partial charge on any atom is 0.259 e. The molecule has 0 radical (unpaired) electrons. The molecule has 27 heavy (non-hydrogen) atoms. The van der Waals surface area contributed by atoms with Gasteiger partial charge in [0.2, 0.25) is 0 Å². The van der Waals surface area contributed by atoms with Gasteiger partial charge in [0.15, 0.2) is 5.82 Å². The summed E-state index contributed by atoms with van der Waals surface area (Å²) in [6, 6.07) is 21.7. The minimum Gasteiger partial charge on any atom is -0.392 e. The van der Waals surface area contributed by atoms with Crippen molar-refractivity contribution in [3.05, 3.63) is 89.9 Å². The number of aliphatic hydroxyl groups excluding tert-OH is 1. The van der Waals surface area contributed by atoms with E-state index < -0.39 is 0 Å². The molecule has 5 nitrogen and oxygen atoms in total. The Kier molecular flexibility index (Phi) is 5.03. The molecular weight excluding hydrogens is 338 g/mol. The van der Waals surface area contributed by atoms with Gasteiger partial charge in [0.1, 0.15) is 0 Å². The van der Waals surface area contributed by atoms with Crippen LogP contribution in [-0.2, 0) is 19.4 Å². The second-order valence-electron chi connectivity index (χ2n) is 6.25. The highest BCUT2D eigenvalue weighted by molar-refractivity contribution is 5.65. The van der Waals surface area contributed by atoms with Gasteiger partial charge in [-0.05, 0) is 29.7 Å². The van der Waals surface area contributed by atoms with E-state index in [4.69, 9.17) is 4.52 Å². The highest BCUT2D eigenvalue weighted by Crippen LogP contribution is 2.24. The fourth-order valence-electron chi connectivity index (χ4n) is 2.96. The summed E-state index contributed by atoms with van der Waals surface area (Å²) < 4.78 is 5.39. The van der Waals surface area contributed by atoms with Crippen molar-refractivity contribution in [1.82, 2.24) is 15.1 Å². The molecule has 0 fully saturated rings. The minimum absolute atomic E-state index is 0.0198. The Balaban J connectivity index is 1.49. The summed E-state index contributed by atoms with van der Waals surface area (Å²) in [6.45, 7) is -0.0198. The lowest BCUT2D eigenvalue weighted by Crippen LogP contribution is -1.93. The zero-order valence-corrected chi connectivity index (χ0v) is 14.7. The van der Waals surface area contributed by atoms with Gasteiger partial charge in [-0.25, -0.2) is 0 Å². The molecular formula is C22H19N3O2. The second kappa shape index (κ2) is 7.93. The standard InChI is InChI=1S/C22H19N3O2/c26-15-18-8-4-5-9-19(18)20-12-11-17(14-23-20)22-24-21(25-27-22)13-10-16-6-2-1-3-7-16/h1-9,11-12,14,26H,10,13,15H2. The molecule has 0 saturated carbocycles. The van der Waals surface area contributed by atoms with Gasteiger partial charge >= 0.3 is 0 Å². The number of benzene rings is 2. The Hall–Kier alpha value is -3.31. The van der Waals surface area contributed by atoms with E-state index in [0.717, 1.165) is 35.2 Å². The van der Waals surface area contributed by atoms with Gasteiger partial charge in [-0.1, -0.05) is 59.8 Å². The zero-order chi connectivity index (χ0) is 18.5. The van der Waals surface area contributed by atoms with E-state index >= 15 is 0 Å². The zero-order valence-electron chi connectivity index (χ0n) is 14.7. The summed E-state index contributed by atoms with van der Waals surface area (Å²) in [6.07, 6.45) is 3.32. The summed E-state index contributed by atoms with van der Waals surface area (Å²) in [7, 11) is 0. The summed E-state index contributed by atoms with van der Waals surface area (Å²) in [4.78, 5) is 8.97. The fraction of sp³-hybridized carbons (Fsp3) is 0.136. The summed E-state index contributed by atoms with van der Waals surface area (Å²) in [5.74, 6) is 1.15. The molecule has 2 aromatic heterocycles. The third-order valence-electron chi connectivity index (χ3n) is 4.42. The Morgan fingerprint density at radius 2 is 1.67 bits per heavy atom. The van der Waals surface area contributed by atoms with Gasteiger partial charge in [-0.2, -0.15) is 4.98 Å². The number of aryl methyl sites for hydroxylation is 2. The molecule has 0 bridgehead atoms. The smallest absolute Gasteiger partial charge is 0.259 e. The molecule has 4 aromatic rings. The van der Waals surface area contributed by atoms with E-state index in [1.54, 1.807) is 6.20 Å². The molecule has 0 aliphatic heterocycles. The van der Waals surface area contributed by atoms with Crippen LogP contribution in [-0.4, -0.2) is 20.2 Å². The Labute approximate surface area is 157 Å². The Bertz CT molecular complexity index is 1010. The van der Waals surface area contributed by atoms with Crippen LogP contribution in [0.4, 0.5) is 0 Å². The molecule has 4 rings (SSSR count). The van der Waals surface area contributed by atoms with Crippen molar-refractivity contribution in [2.45, 2.75) is 19.4 Å². The van der Waals surface area contributed by atoms with Gasteiger partial charge in [0, 0.05) is 18.2 Å². The quantitative estimate of drug-likeness (QED) is 0.563. The Morgan fingerprint density at radius 1 is 0.852 bits per heavy atom. The summed E-state index contributed by atoms with van der Waals surface area (Å²) >= 11 is 0. The van der Waals surface area contributed by atoms with Crippen LogP contribution >= 0.6 is 0 Å². The molecule has 2 heterocycles. The molecule has 0 aliphatic rings. The van der Waals surface area contributed by atoms with Crippen molar-refractivity contribution in [2.24, 2.45) is 0 Å². The minimum atomic E-state index is -0.0198. The van der Waals surface area contributed by atoms with Crippen LogP contribution in [0, 0.1) is 0 Å². The number of hydrogen-bond donors (Lipinski definition) is 1. The van der Waals surface area contributed by atoms with Crippen LogP contribution < -0.4 is 0 Å². The number of pyridine rings is 1. The third kappa shape index (κ3) is 3.93. The summed E-state index contributed by atoms with van der Waals surface area (Å²) in [5, 5.41) is 13.6. The van der Waals surface area contributed by atoms with Crippen molar-refractivity contribution in [1.29, 1.82) is 0 Å². The molecule has 0 amide bonds. The van der Waals surface area contributed by atoms with Crippen LogP contribution in [0.3, 0.4) is 0 Å². The maximum absolute atomic E-state index is 9.49. The first-order chi connectivity index (χ1) is 13.3. The van der Waals surface area contributed by atoms with Gasteiger partial charge in [0.05, 0.1) is 17.9 Å². The lowest BCUT2D eigenvalue weighted by molar-refractivity contribution is 0.282. The average molecular weight is 357 g/mol. The number of hydrogen-bond acceptors (Lipinski definition) is 5. The van der Waals surface area contributed by atoms with Crippen LogP contribution in [0.25, 0.3) is 22.7 Å². The molecule has 2 aromatic carbocycles. The predicted molar refractivity (Wildman–Crippen MR) is 103 cm³/mol. The maximum atomic E-state index is 9.49. The number of rotatable bonds is 6. The van der Waals surface area contributed by atoms with E-state index in [2.05, 4.69) is 27.3 Å². The fourth-order valence-corrected chi connectivity index (χ4v) is 2.96. The molecule has 0 aliphatic carbocycles. The van der Waals surface area contributed by atoms with E-state index in [9.17, 15) is 5.11 Å². The lowest BCUT2D eigenvalue weighted by atomic mass is 10.0. The first-order valence-electron chi connectivity index (χ1n) is 8.85. The molecule has 134 valence electrons. The number of nitrogens with zero attached hydrogens (tertiary/aromatic N) is 3.